The quantitative estimate of drug-likeness (QED) is 0.490. The molecule has 0 spiro atoms. The Morgan fingerprint density at radius 2 is 1.70 bits per heavy atom. The summed E-state index contributed by atoms with van der Waals surface area (Å²) in [6, 6.07) is 4.64. The molecular weight excluding hydrogens is 493 g/mol. The number of ether oxygens (including phenoxy) is 3. The molecule has 0 fully saturated rings. The van der Waals surface area contributed by atoms with Crippen LogP contribution in [0.25, 0.3) is 11.3 Å². The molecule has 1 heterocycles. The van der Waals surface area contributed by atoms with Gasteiger partial charge in [-0.2, -0.15) is 13.2 Å². The van der Waals surface area contributed by atoms with Crippen LogP contribution in [0.15, 0.2) is 30.6 Å². The van der Waals surface area contributed by atoms with Crippen molar-refractivity contribution in [3.63, 3.8) is 0 Å². The molecule has 1 aromatic heterocycles. The zero-order valence-electron chi connectivity index (χ0n) is 22.0. The first-order valence-electron chi connectivity index (χ1n) is 11.5. The molecule has 0 saturated heterocycles. The van der Waals surface area contributed by atoms with E-state index in [1.807, 2.05) is 13.8 Å². The van der Waals surface area contributed by atoms with Gasteiger partial charge in [0.25, 0.3) is 0 Å². The number of hydrogen-bond donors (Lipinski definition) is 1. The number of aromatic nitrogens is 2. The Labute approximate surface area is 214 Å². The molecule has 37 heavy (non-hydrogen) atoms. The number of carbonyl (C=O) groups excluding carboxylic acids is 2. The Morgan fingerprint density at radius 1 is 1.05 bits per heavy atom. The average Bonchev–Trinajstić information content (AvgIpc) is 2.74. The van der Waals surface area contributed by atoms with Crippen molar-refractivity contribution < 1.29 is 37.0 Å². The molecule has 12 heteroatoms. The molecule has 0 saturated carbocycles. The fraction of sp³-hybridized carbons (Fsp3) is 0.520. The lowest BCUT2D eigenvalue weighted by atomic mass is 9.93. The van der Waals surface area contributed by atoms with Gasteiger partial charge in [-0.1, -0.05) is 13.8 Å². The molecule has 0 aliphatic rings. The Kier molecular flexibility index (Phi) is 9.13. The van der Waals surface area contributed by atoms with Crippen molar-refractivity contribution in [3.05, 3.63) is 36.2 Å². The number of benzene rings is 1. The summed E-state index contributed by atoms with van der Waals surface area (Å²) in [4.78, 5) is 32.7. The molecule has 0 aliphatic heterocycles. The molecule has 2 N–H and O–H groups in total. The molecule has 204 valence electrons. The molecule has 2 amide bonds. The smallest absolute Gasteiger partial charge is 0.425 e. The van der Waals surface area contributed by atoms with Gasteiger partial charge in [0.2, 0.25) is 5.88 Å². The number of halogens is 3. The van der Waals surface area contributed by atoms with Gasteiger partial charge in [0.05, 0.1) is 11.3 Å². The van der Waals surface area contributed by atoms with Gasteiger partial charge in [0.15, 0.2) is 0 Å². The minimum atomic E-state index is -4.72. The van der Waals surface area contributed by atoms with Crippen LogP contribution in [0, 0.1) is 5.92 Å². The summed E-state index contributed by atoms with van der Waals surface area (Å²) in [6.45, 7) is 10.4. The van der Waals surface area contributed by atoms with E-state index in [-0.39, 0.29) is 35.4 Å². The van der Waals surface area contributed by atoms with E-state index in [1.165, 1.54) is 18.2 Å². The average molecular weight is 527 g/mol. The normalized spacial score (nSPS) is 13.6. The lowest BCUT2D eigenvalue weighted by molar-refractivity contribution is -0.139. The first-order valence-corrected chi connectivity index (χ1v) is 11.5. The second kappa shape index (κ2) is 11.3. The fourth-order valence-electron chi connectivity index (χ4n) is 3.39. The second-order valence-corrected chi connectivity index (χ2v) is 10.4. The Balaban J connectivity index is 2.26. The fourth-order valence-corrected chi connectivity index (χ4v) is 3.39. The number of nitrogens with zero attached hydrogens (tertiary/aromatic N) is 3. The van der Waals surface area contributed by atoms with Crippen molar-refractivity contribution in [3.8, 4) is 22.9 Å². The number of alkyl halides is 3. The first kappa shape index (κ1) is 29.8. The van der Waals surface area contributed by atoms with Crippen LogP contribution >= 0.6 is 0 Å². The Hall–Kier alpha value is -3.41. The number of carbonyl (C=O) groups is 2. The van der Waals surface area contributed by atoms with Gasteiger partial charge in [0.1, 0.15) is 24.3 Å². The van der Waals surface area contributed by atoms with Crippen LogP contribution in [0.3, 0.4) is 0 Å². The highest BCUT2D eigenvalue weighted by Crippen LogP contribution is 2.39. The molecule has 2 aromatic rings. The summed E-state index contributed by atoms with van der Waals surface area (Å²) in [7, 11) is 1.15. The van der Waals surface area contributed by atoms with Gasteiger partial charge in [-0.05, 0) is 58.2 Å². The van der Waals surface area contributed by atoms with Crippen molar-refractivity contribution >= 4 is 12.2 Å². The third kappa shape index (κ3) is 9.19. The summed E-state index contributed by atoms with van der Waals surface area (Å²) >= 11 is 0. The third-order valence-corrected chi connectivity index (χ3v) is 4.79. The second-order valence-electron chi connectivity index (χ2n) is 10.4. The Bertz CT molecular complexity index is 1110. The summed E-state index contributed by atoms with van der Waals surface area (Å²) < 4.78 is 57.2. The molecule has 1 atom stereocenters. The van der Waals surface area contributed by atoms with Crippen LogP contribution in [-0.2, 0) is 10.9 Å². The number of nitrogens with two attached hydrogens (primary N) is 1. The van der Waals surface area contributed by atoms with E-state index < -0.39 is 35.1 Å². The SMILES string of the molecule is CC(C)C[C@](C)(N)COc1ccc(-c2cc(OC(=O)N(C)C(=O)OC(C)(C)C)ncn2)cc1C(F)(F)F. The zero-order valence-corrected chi connectivity index (χ0v) is 22.0. The predicted octanol–water partition coefficient (Wildman–Crippen LogP) is 5.67. The third-order valence-electron chi connectivity index (χ3n) is 4.79. The van der Waals surface area contributed by atoms with Crippen molar-refractivity contribution in [2.45, 2.75) is 65.3 Å². The predicted molar refractivity (Wildman–Crippen MR) is 130 cm³/mol. The van der Waals surface area contributed by atoms with Gasteiger partial charge in [-0.25, -0.2) is 24.5 Å². The van der Waals surface area contributed by atoms with E-state index in [4.69, 9.17) is 19.9 Å². The summed E-state index contributed by atoms with van der Waals surface area (Å²) in [5, 5.41) is 0. The minimum Gasteiger partial charge on any atom is -0.491 e. The van der Waals surface area contributed by atoms with Crippen LogP contribution in [0.2, 0.25) is 0 Å². The van der Waals surface area contributed by atoms with E-state index in [0.29, 0.717) is 11.3 Å². The highest BCUT2D eigenvalue weighted by Gasteiger charge is 2.35. The van der Waals surface area contributed by atoms with E-state index >= 15 is 0 Å². The maximum atomic E-state index is 13.8. The maximum absolute atomic E-state index is 13.8. The van der Waals surface area contributed by atoms with Crippen LogP contribution in [0.5, 0.6) is 11.6 Å². The van der Waals surface area contributed by atoms with E-state index in [9.17, 15) is 22.8 Å². The molecule has 0 unspecified atom stereocenters. The molecule has 0 bridgehead atoms. The van der Waals surface area contributed by atoms with Crippen LogP contribution in [0.1, 0.15) is 53.5 Å². The zero-order chi connectivity index (χ0) is 28.2. The summed E-state index contributed by atoms with van der Waals surface area (Å²) in [5.74, 6) is -0.392. The highest BCUT2D eigenvalue weighted by molar-refractivity contribution is 5.88. The van der Waals surface area contributed by atoms with E-state index in [1.54, 1.807) is 27.7 Å². The van der Waals surface area contributed by atoms with Gasteiger partial charge in [-0.3, -0.25) is 0 Å². The number of hydrogen-bond acceptors (Lipinski definition) is 8. The highest BCUT2D eigenvalue weighted by atomic mass is 19.4. The molecule has 1 aromatic carbocycles. The largest absolute Gasteiger partial charge is 0.491 e. The standard InChI is InChI=1S/C25H33F3N4O5/c1-15(2)12-24(6,29)13-35-19-9-8-16(10-17(19)25(26,27)28)18-11-20(31-14-30-18)36-21(33)32(7)22(34)37-23(3,4)5/h8-11,14-15H,12-13,29H2,1-7H3/t24-/m0/s1. The van der Waals surface area contributed by atoms with Crippen LogP contribution < -0.4 is 15.2 Å². The molecule has 9 nitrogen and oxygen atoms in total. The van der Waals surface area contributed by atoms with Crippen LogP contribution in [-0.4, -0.2) is 51.8 Å². The van der Waals surface area contributed by atoms with Gasteiger partial charge < -0.3 is 19.9 Å². The molecule has 2 rings (SSSR count). The number of rotatable bonds is 7. The molecular formula is C25H33F3N4O5. The monoisotopic (exact) mass is 526 g/mol. The number of imide groups is 1. The van der Waals surface area contributed by atoms with Gasteiger partial charge in [-0.15, -0.1) is 0 Å². The lowest BCUT2D eigenvalue weighted by Crippen LogP contribution is -2.43. The summed E-state index contributed by atoms with van der Waals surface area (Å²) in [6.07, 6.45) is -5.16. The van der Waals surface area contributed by atoms with Crippen molar-refractivity contribution in [2.24, 2.45) is 11.7 Å². The van der Waals surface area contributed by atoms with Crippen molar-refractivity contribution in [2.75, 3.05) is 13.7 Å². The van der Waals surface area contributed by atoms with E-state index in [2.05, 4.69) is 9.97 Å². The Morgan fingerprint density at radius 3 is 2.27 bits per heavy atom. The maximum Gasteiger partial charge on any atom is 0.425 e. The van der Waals surface area contributed by atoms with Gasteiger partial charge in [0, 0.05) is 24.2 Å². The van der Waals surface area contributed by atoms with Crippen molar-refractivity contribution in [1.82, 2.24) is 14.9 Å². The first-order chi connectivity index (χ1) is 16.9. The lowest BCUT2D eigenvalue weighted by Gasteiger charge is -2.27. The summed E-state index contributed by atoms with van der Waals surface area (Å²) in [5.41, 5.74) is 3.65. The van der Waals surface area contributed by atoms with Crippen LogP contribution in [0.4, 0.5) is 22.8 Å². The topological polar surface area (TPSA) is 117 Å². The van der Waals surface area contributed by atoms with Gasteiger partial charge >= 0.3 is 18.4 Å². The van der Waals surface area contributed by atoms with E-state index in [0.717, 1.165) is 19.4 Å². The minimum absolute atomic E-state index is 0.0539. The number of amides is 2. The molecule has 0 radical (unpaired) electrons. The molecule has 0 aliphatic carbocycles. The van der Waals surface area contributed by atoms with Crippen molar-refractivity contribution in [1.29, 1.82) is 0 Å².